The summed E-state index contributed by atoms with van der Waals surface area (Å²) in [7, 11) is -3.41. The van der Waals surface area contributed by atoms with E-state index in [4.69, 9.17) is 11.6 Å². The van der Waals surface area contributed by atoms with Crippen molar-refractivity contribution in [3.05, 3.63) is 95.0 Å². The Labute approximate surface area is 182 Å². The smallest absolute Gasteiger partial charge is 0.253 e. The molecule has 0 radical (unpaired) electrons. The second kappa shape index (κ2) is 8.62. The molecule has 0 aromatic heterocycles. The van der Waals surface area contributed by atoms with Crippen LogP contribution in [0.2, 0.25) is 5.02 Å². The molecule has 1 saturated heterocycles. The minimum absolute atomic E-state index is 0.0727. The van der Waals surface area contributed by atoms with Crippen LogP contribution in [-0.2, 0) is 9.84 Å². The number of halogens is 1. The highest BCUT2D eigenvalue weighted by Crippen LogP contribution is 2.34. The van der Waals surface area contributed by atoms with E-state index in [1.165, 1.54) is 0 Å². The number of rotatable bonds is 3. The van der Waals surface area contributed by atoms with Gasteiger partial charge in [-0.3, -0.25) is 4.79 Å². The molecule has 4 rings (SSSR count). The lowest BCUT2D eigenvalue weighted by atomic mass is 10.0. The van der Waals surface area contributed by atoms with Gasteiger partial charge in [-0.25, -0.2) is 8.42 Å². The molecule has 3 aromatic rings. The van der Waals surface area contributed by atoms with Crippen LogP contribution in [0.4, 0.5) is 0 Å². The Bertz CT molecular complexity index is 1140. The van der Waals surface area contributed by atoms with Gasteiger partial charge in [0.25, 0.3) is 5.91 Å². The Morgan fingerprint density at radius 2 is 1.47 bits per heavy atom. The Morgan fingerprint density at radius 3 is 2.17 bits per heavy atom. The quantitative estimate of drug-likeness (QED) is 0.576. The highest BCUT2D eigenvalue weighted by molar-refractivity contribution is 7.91. The van der Waals surface area contributed by atoms with Crippen molar-refractivity contribution in [3.63, 3.8) is 0 Å². The molecule has 1 atom stereocenters. The number of sulfone groups is 1. The number of carbonyl (C=O) groups excluding carboxylic acids is 1. The summed E-state index contributed by atoms with van der Waals surface area (Å²) in [5.41, 5.74) is 3.29. The van der Waals surface area contributed by atoms with Crippen molar-refractivity contribution in [2.24, 2.45) is 0 Å². The molecule has 30 heavy (non-hydrogen) atoms. The maximum absolute atomic E-state index is 13.0. The fourth-order valence-corrected chi connectivity index (χ4v) is 6.00. The molecule has 0 saturated carbocycles. The molecular weight excluding hydrogens is 418 g/mol. The van der Waals surface area contributed by atoms with Crippen molar-refractivity contribution in [3.8, 4) is 11.1 Å². The van der Waals surface area contributed by atoms with E-state index in [0.717, 1.165) is 11.1 Å². The van der Waals surface area contributed by atoms with Gasteiger partial charge in [0.05, 0.1) is 11.0 Å². The molecule has 1 heterocycles. The number of nitrogens with zero attached hydrogens (tertiary/aromatic N) is 1. The average molecular weight is 440 g/mol. The van der Waals surface area contributed by atoms with Crippen molar-refractivity contribution in [1.82, 2.24) is 4.90 Å². The molecule has 1 fully saturated rings. The van der Waals surface area contributed by atoms with E-state index in [1.807, 2.05) is 42.5 Å². The van der Waals surface area contributed by atoms with Crippen LogP contribution in [0.15, 0.2) is 78.9 Å². The Morgan fingerprint density at radius 1 is 0.833 bits per heavy atom. The van der Waals surface area contributed by atoms with Gasteiger partial charge in [-0.05, 0) is 41.3 Å². The molecule has 0 bridgehead atoms. The van der Waals surface area contributed by atoms with Gasteiger partial charge in [0, 0.05) is 23.7 Å². The Balaban J connectivity index is 1.53. The van der Waals surface area contributed by atoms with Crippen molar-refractivity contribution in [2.45, 2.75) is 11.7 Å². The summed E-state index contributed by atoms with van der Waals surface area (Å²) in [6.45, 7) is 0.553. The normalized spacial score (nSPS) is 18.6. The minimum atomic E-state index is -3.41. The topological polar surface area (TPSA) is 54.5 Å². The summed E-state index contributed by atoms with van der Waals surface area (Å²) >= 11 is 6.25. The Hall–Kier alpha value is -2.63. The summed E-state index contributed by atoms with van der Waals surface area (Å²) in [6, 6.07) is 24.4. The average Bonchev–Trinajstić information content (AvgIpc) is 2.92. The number of amides is 1. The monoisotopic (exact) mass is 439 g/mol. The molecule has 4 nitrogen and oxygen atoms in total. The third-order valence-electron chi connectivity index (χ3n) is 5.52. The fourth-order valence-electron chi connectivity index (χ4n) is 3.85. The highest BCUT2D eigenvalue weighted by Gasteiger charge is 2.33. The van der Waals surface area contributed by atoms with E-state index in [-0.39, 0.29) is 18.2 Å². The summed E-state index contributed by atoms with van der Waals surface area (Å²) in [5, 5.41) is -0.244. The third kappa shape index (κ3) is 4.27. The number of hydrogen-bond donors (Lipinski definition) is 0. The van der Waals surface area contributed by atoms with Crippen LogP contribution in [-0.4, -0.2) is 38.1 Å². The van der Waals surface area contributed by atoms with E-state index in [9.17, 15) is 13.2 Å². The zero-order valence-corrected chi connectivity index (χ0v) is 17.9. The predicted octanol–water partition coefficient (Wildman–Crippen LogP) is 5.01. The number of benzene rings is 3. The maximum Gasteiger partial charge on any atom is 0.253 e. The molecule has 0 N–H and O–H groups in total. The largest absolute Gasteiger partial charge is 0.338 e. The fraction of sp³-hybridized carbons (Fsp3) is 0.208. The van der Waals surface area contributed by atoms with Gasteiger partial charge in [-0.2, -0.15) is 0 Å². The highest BCUT2D eigenvalue weighted by atomic mass is 35.5. The summed E-state index contributed by atoms with van der Waals surface area (Å²) in [5.74, 6) is -0.221. The van der Waals surface area contributed by atoms with Gasteiger partial charge in [0.15, 0.2) is 9.84 Å². The first-order chi connectivity index (χ1) is 14.5. The second-order valence-corrected chi connectivity index (χ2v) is 10.1. The molecule has 1 aliphatic rings. The van der Waals surface area contributed by atoms with Gasteiger partial charge in [0.1, 0.15) is 0 Å². The SMILES string of the molecule is O=C(c1ccc(-c2ccccc2)cc1)N1CCC(c2ccccc2Cl)S(=O)(=O)CC1. The van der Waals surface area contributed by atoms with E-state index in [2.05, 4.69) is 0 Å². The molecular formula is C24H22ClNO3S. The predicted molar refractivity (Wildman–Crippen MR) is 120 cm³/mol. The van der Waals surface area contributed by atoms with E-state index in [1.54, 1.807) is 41.3 Å². The van der Waals surface area contributed by atoms with Crippen LogP contribution < -0.4 is 0 Å². The molecule has 0 aliphatic carbocycles. The lowest BCUT2D eigenvalue weighted by molar-refractivity contribution is 0.0766. The molecule has 1 unspecified atom stereocenters. The molecule has 6 heteroatoms. The van der Waals surface area contributed by atoms with Crippen molar-refractivity contribution < 1.29 is 13.2 Å². The van der Waals surface area contributed by atoms with Gasteiger partial charge >= 0.3 is 0 Å². The summed E-state index contributed by atoms with van der Waals surface area (Å²) in [4.78, 5) is 14.7. The van der Waals surface area contributed by atoms with Crippen LogP contribution in [0.1, 0.15) is 27.6 Å². The van der Waals surface area contributed by atoms with Gasteiger partial charge < -0.3 is 4.90 Å². The van der Waals surface area contributed by atoms with E-state index in [0.29, 0.717) is 29.1 Å². The summed E-state index contributed by atoms with van der Waals surface area (Å²) < 4.78 is 25.7. The van der Waals surface area contributed by atoms with E-state index >= 15 is 0 Å². The lowest BCUT2D eigenvalue weighted by Gasteiger charge is -2.20. The molecule has 154 valence electrons. The van der Waals surface area contributed by atoms with Crippen LogP contribution in [0.5, 0.6) is 0 Å². The number of carbonyl (C=O) groups is 1. The first-order valence-corrected chi connectivity index (χ1v) is 12.0. The van der Waals surface area contributed by atoms with Gasteiger partial charge in [-0.15, -0.1) is 0 Å². The van der Waals surface area contributed by atoms with Gasteiger partial charge in [0.2, 0.25) is 0 Å². The van der Waals surface area contributed by atoms with Crippen LogP contribution in [0, 0.1) is 0 Å². The van der Waals surface area contributed by atoms with E-state index < -0.39 is 15.1 Å². The van der Waals surface area contributed by atoms with Crippen molar-refractivity contribution in [2.75, 3.05) is 18.8 Å². The van der Waals surface area contributed by atoms with Crippen molar-refractivity contribution >= 4 is 27.3 Å². The summed E-state index contributed by atoms with van der Waals surface area (Å²) in [6.07, 6.45) is 0.333. The van der Waals surface area contributed by atoms with Crippen LogP contribution in [0.25, 0.3) is 11.1 Å². The molecule has 1 aliphatic heterocycles. The van der Waals surface area contributed by atoms with Crippen molar-refractivity contribution in [1.29, 1.82) is 0 Å². The Kier molecular flexibility index (Phi) is 5.93. The van der Waals surface area contributed by atoms with Crippen LogP contribution >= 0.6 is 11.6 Å². The zero-order chi connectivity index (χ0) is 21.1. The molecule has 0 spiro atoms. The third-order valence-corrected chi connectivity index (χ3v) is 7.97. The molecule has 3 aromatic carbocycles. The standard InChI is InChI=1S/C24H22ClNO3S/c25-22-9-5-4-8-21(22)23-14-15-26(16-17-30(23,28)29)24(27)20-12-10-19(11-13-20)18-6-2-1-3-7-18/h1-13,23H,14-17H2. The minimum Gasteiger partial charge on any atom is -0.338 e. The van der Waals surface area contributed by atoms with Gasteiger partial charge in [-0.1, -0.05) is 72.3 Å². The first-order valence-electron chi connectivity index (χ1n) is 9.86. The second-order valence-electron chi connectivity index (χ2n) is 7.40. The molecule has 1 amide bonds. The zero-order valence-electron chi connectivity index (χ0n) is 16.4. The maximum atomic E-state index is 13.0. The lowest BCUT2D eigenvalue weighted by Crippen LogP contribution is -2.33. The number of hydrogen-bond acceptors (Lipinski definition) is 3. The van der Waals surface area contributed by atoms with Crippen LogP contribution in [0.3, 0.4) is 0 Å². The first kappa shape index (κ1) is 20.6.